The minimum atomic E-state index is -3.44. The standard InChI is InChI=1S/C11H12BrNO2S/c1-3-4-7-13-16(14,15)10-5-6-11(12)9(2)8-10/h1,5-6,8,13H,4,7H2,2H3. The molecule has 0 saturated carbocycles. The monoisotopic (exact) mass is 301 g/mol. The summed E-state index contributed by atoms with van der Waals surface area (Å²) in [7, 11) is -3.44. The van der Waals surface area contributed by atoms with Crippen LogP contribution in [0.1, 0.15) is 12.0 Å². The summed E-state index contributed by atoms with van der Waals surface area (Å²) < 4.78 is 26.9. The van der Waals surface area contributed by atoms with Gasteiger partial charge in [-0.3, -0.25) is 0 Å². The quantitative estimate of drug-likeness (QED) is 0.683. The Morgan fingerprint density at radius 3 is 2.75 bits per heavy atom. The highest BCUT2D eigenvalue weighted by Crippen LogP contribution is 2.19. The van der Waals surface area contributed by atoms with Crippen molar-refractivity contribution in [3.63, 3.8) is 0 Å². The molecule has 0 amide bonds. The molecule has 0 atom stereocenters. The lowest BCUT2D eigenvalue weighted by Gasteiger charge is -2.06. The summed E-state index contributed by atoms with van der Waals surface area (Å²) in [6.07, 6.45) is 5.43. The van der Waals surface area contributed by atoms with Crippen LogP contribution in [0.4, 0.5) is 0 Å². The van der Waals surface area contributed by atoms with Crippen molar-refractivity contribution in [1.82, 2.24) is 4.72 Å². The first-order chi connectivity index (χ1) is 7.47. The Hall–Kier alpha value is -0.830. The molecule has 5 heteroatoms. The van der Waals surface area contributed by atoms with Crippen LogP contribution in [0.25, 0.3) is 0 Å². The molecule has 0 spiro atoms. The third-order valence-electron chi connectivity index (χ3n) is 2.00. The molecule has 0 aromatic heterocycles. The number of benzene rings is 1. The summed E-state index contributed by atoms with van der Waals surface area (Å²) >= 11 is 3.32. The lowest BCUT2D eigenvalue weighted by molar-refractivity contribution is 0.582. The maximum absolute atomic E-state index is 11.8. The lowest BCUT2D eigenvalue weighted by atomic mass is 10.2. The highest BCUT2D eigenvalue weighted by atomic mass is 79.9. The number of terminal acetylenes is 1. The van der Waals surface area contributed by atoms with Gasteiger partial charge < -0.3 is 0 Å². The molecular weight excluding hydrogens is 290 g/mol. The molecule has 3 nitrogen and oxygen atoms in total. The van der Waals surface area contributed by atoms with Gasteiger partial charge in [-0.25, -0.2) is 13.1 Å². The summed E-state index contributed by atoms with van der Waals surface area (Å²) in [5.41, 5.74) is 0.875. The Bertz CT molecular complexity index is 517. The minimum absolute atomic E-state index is 0.255. The molecule has 0 aliphatic carbocycles. The van der Waals surface area contributed by atoms with Crippen molar-refractivity contribution in [3.05, 3.63) is 28.2 Å². The van der Waals surface area contributed by atoms with Gasteiger partial charge in [-0.2, -0.15) is 0 Å². The van der Waals surface area contributed by atoms with Crippen molar-refractivity contribution in [2.24, 2.45) is 0 Å². The number of aryl methyl sites for hydroxylation is 1. The Morgan fingerprint density at radius 2 is 2.19 bits per heavy atom. The van der Waals surface area contributed by atoms with Crippen LogP contribution in [0.3, 0.4) is 0 Å². The van der Waals surface area contributed by atoms with Crippen LogP contribution >= 0.6 is 15.9 Å². The van der Waals surface area contributed by atoms with E-state index in [1.54, 1.807) is 18.2 Å². The van der Waals surface area contributed by atoms with Gasteiger partial charge in [0.2, 0.25) is 10.0 Å². The molecule has 1 aromatic rings. The average molecular weight is 302 g/mol. The molecule has 1 aromatic carbocycles. The van der Waals surface area contributed by atoms with E-state index < -0.39 is 10.0 Å². The van der Waals surface area contributed by atoms with Crippen LogP contribution in [-0.2, 0) is 10.0 Å². The van der Waals surface area contributed by atoms with E-state index in [1.807, 2.05) is 6.92 Å². The third kappa shape index (κ3) is 3.34. The van der Waals surface area contributed by atoms with E-state index in [9.17, 15) is 8.42 Å². The van der Waals surface area contributed by atoms with E-state index in [0.29, 0.717) is 6.42 Å². The number of nitrogens with one attached hydrogen (secondary N) is 1. The van der Waals surface area contributed by atoms with Crippen molar-refractivity contribution in [3.8, 4) is 12.3 Å². The van der Waals surface area contributed by atoms with Crippen molar-refractivity contribution in [2.45, 2.75) is 18.2 Å². The van der Waals surface area contributed by atoms with Crippen LogP contribution in [-0.4, -0.2) is 15.0 Å². The fourth-order valence-corrected chi connectivity index (χ4v) is 2.49. The maximum Gasteiger partial charge on any atom is 0.240 e. The molecule has 0 aliphatic rings. The third-order valence-corrected chi connectivity index (χ3v) is 4.35. The van der Waals surface area contributed by atoms with Gasteiger partial charge in [-0.15, -0.1) is 12.3 Å². The van der Waals surface area contributed by atoms with Gasteiger partial charge in [-0.1, -0.05) is 15.9 Å². The zero-order chi connectivity index (χ0) is 12.2. The summed E-state index contributed by atoms with van der Waals surface area (Å²) in [4.78, 5) is 0.255. The largest absolute Gasteiger partial charge is 0.240 e. The fraction of sp³-hybridized carbons (Fsp3) is 0.273. The van der Waals surface area contributed by atoms with E-state index in [1.165, 1.54) is 0 Å². The predicted octanol–water partition coefficient (Wildman–Crippen LogP) is 2.06. The van der Waals surface area contributed by atoms with Gasteiger partial charge in [0, 0.05) is 17.4 Å². The molecule has 0 heterocycles. The second kappa shape index (κ2) is 5.48. The SMILES string of the molecule is C#CCCNS(=O)(=O)c1ccc(Br)c(C)c1. The van der Waals surface area contributed by atoms with Gasteiger partial charge in [0.05, 0.1) is 4.90 Å². The normalized spacial score (nSPS) is 11.1. The number of rotatable bonds is 4. The Labute approximate surface area is 104 Å². The van der Waals surface area contributed by atoms with E-state index in [-0.39, 0.29) is 11.4 Å². The topological polar surface area (TPSA) is 46.2 Å². The van der Waals surface area contributed by atoms with Gasteiger partial charge in [-0.05, 0) is 30.7 Å². The second-order valence-electron chi connectivity index (χ2n) is 3.26. The highest BCUT2D eigenvalue weighted by Gasteiger charge is 2.13. The van der Waals surface area contributed by atoms with Gasteiger partial charge in [0.25, 0.3) is 0 Å². The molecule has 0 saturated heterocycles. The first kappa shape index (κ1) is 13.2. The van der Waals surface area contributed by atoms with Crippen LogP contribution < -0.4 is 4.72 Å². The summed E-state index contributed by atoms with van der Waals surface area (Å²) in [6, 6.07) is 4.88. The average Bonchev–Trinajstić information content (AvgIpc) is 2.22. The van der Waals surface area contributed by atoms with Crippen LogP contribution in [0, 0.1) is 19.3 Å². The molecule has 16 heavy (non-hydrogen) atoms. The number of sulfonamides is 1. The molecular formula is C11H12BrNO2S. The van der Waals surface area contributed by atoms with Crippen LogP contribution in [0.2, 0.25) is 0 Å². The summed E-state index contributed by atoms with van der Waals surface area (Å²) in [6.45, 7) is 2.10. The molecule has 0 unspecified atom stereocenters. The zero-order valence-electron chi connectivity index (χ0n) is 8.83. The fourth-order valence-electron chi connectivity index (χ4n) is 1.13. The zero-order valence-corrected chi connectivity index (χ0v) is 11.2. The lowest BCUT2D eigenvalue weighted by Crippen LogP contribution is -2.24. The van der Waals surface area contributed by atoms with E-state index in [4.69, 9.17) is 6.42 Å². The Balaban J connectivity index is 2.91. The minimum Gasteiger partial charge on any atom is -0.210 e. The van der Waals surface area contributed by atoms with Gasteiger partial charge in [0.15, 0.2) is 0 Å². The van der Waals surface area contributed by atoms with Crippen LogP contribution in [0.5, 0.6) is 0 Å². The number of hydrogen-bond acceptors (Lipinski definition) is 2. The van der Waals surface area contributed by atoms with E-state index >= 15 is 0 Å². The maximum atomic E-state index is 11.8. The molecule has 0 bridgehead atoms. The molecule has 86 valence electrons. The predicted molar refractivity (Wildman–Crippen MR) is 67.5 cm³/mol. The van der Waals surface area contributed by atoms with E-state index in [0.717, 1.165) is 10.0 Å². The summed E-state index contributed by atoms with van der Waals surface area (Å²) in [5.74, 6) is 2.38. The van der Waals surface area contributed by atoms with Crippen molar-refractivity contribution in [2.75, 3.05) is 6.54 Å². The molecule has 1 rings (SSSR count). The molecule has 0 radical (unpaired) electrons. The smallest absolute Gasteiger partial charge is 0.210 e. The Morgan fingerprint density at radius 1 is 1.50 bits per heavy atom. The number of hydrogen-bond donors (Lipinski definition) is 1. The van der Waals surface area contributed by atoms with Gasteiger partial charge >= 0.3 is 0 Å². The highest BCUT2D eigenvalue weighted by molar-refractivity contribution is 9.10. The van der Waals surface area contributed by atoms with Crippen molar-refractivity contribution >= 4 is 26.0 Å². The van der Waals surface area contributed by atoms with E-state index in [2.05, 4.69) is 26.6 Å². The first-order valence-corrected chi connectivity index (χ1v) is 6.94. The van der Waals surface area contributed by atoms with Crippen molar-refractivity contribution in [1.29, 1.82) is 0 Å². The second-order valence-corrected chi connectivity index (χ2v) is 5.88. The summed E-state index contributed by atoms with van der Waals surface area (Å²) in [5, 5.41) is 0. The Kier molecular flexibility index (Phi) is 4.54. The molecule has 0 aliphatic heterocycles. The van der Waals surface area contributed by atoms with Crippen LogP contribution in [0.15, 0.2) is 27.6 Å². The molecule has 1 N–H and O–H groups in total. The number of halogens is 1. The molecule has 0 fully saturated rings. The van der Waals surface area contributed by atoms with Crippen molar-refractivity contribution < 1.29 is 8.42 Å². The first-order valence-electron chi connectivity index (χ1n) is 4.66. The van der Waals surface area contributed by atoms with Gasteiger partial charge in [0.1, 0.15) is 0 Å².